The predicted molar refractivity (Wildman–Crippen MR) is 39.0 cm³/mol. The minimum absolute atomic E-state index is 0.200. The molecule has 8 nitrogen and oxygen atoms in total. The topological polar surface area (TPSA) is 100 Å². The number of methoxy groups -OCH3 is 1. The molecule has 0 amide bonds. The molecule has 0 atom stereocenters. The molecule has 1 rings (SSSR count). The summed E-state index contributed by atoms with van der Waals surface area (Å²) in [5.74, 6) is -1.58. The van der Waals surface area contributed by atoms with Gasteiger partial charge in [0.1, 0.15) is 0 Å². The Morgan fingerprint density at radius 1 is 1.69 bits per heavy atom. The number of ether oxygens (including phenoxy) is 1. The van der Waals surface area contributed by atoms with Crippen LogP contribution in [0, 0.1) is 10.1 Å². The molecule has 0 N–H and O–H groups in total. The van der Waals surface area contributed by atoms with Crippen LogP contribution < -0.4 is 0 Å². The van der Waals surface area contributed by atoms with Gasteiger partial charge in [-0.3, -0.25) is 0 Å². The van der Waals surface area contributed by atoms with E-state index < -0.39 is 16.8 Å². The van der Waals surface area contributed by atoms with Crippen LogP contribution in [0.4, 0.5) is 5.95 Å². The lowest BCUT2D eigenvalue weighted by Gasteiger charge is -1.89. The summed E-state index contributed by atoms with van der Waals surface area (Å²) in [4.78, 5) is 23.7. The molecular formula is C5H6N4O4. The van der Waals surface area contributed by atoms with Crippen molar-refractivity contribution in [2.75, 3.05) is 7.11 Å². The van der Waals surface area contributed by atoms with Crippen LogP contribution in [0.3, 0.4) is 0 Å². The maximum atomic E-state index is 10.9. The van der Waals surface area contributed by atoms with Crippen molar-refractivity contribution in [3.05, 3.63) is 15.9 Å². The molecule has 13 heavy (non-hydrogen) atoms. The van der Waals surface area contributed by atoms with Gasteiger partial charge in [0, 0.05) is 12.1 Å². The summed E-state index contributed by atoms with van der Waals surface area (Å²) < 4.78 is 5.32. The summed E-state index contributed by atoms with van der Waals surface area (Å²) in [7, 11) is 2.52. The Morgan fingerprint density at radius 2 is 2.31 bits per heavy atom. The highest BCUT2D eigenvalue weighted by atomic mass is 16.6. The lowest BCUT2D eigenvalue weighted by atomic mass is 10.6. The van der Waals surface area contributed by atoms with Gasteiger partial charge >= 0.3 is 17.7 Å². The Kier molecular flexibility index (Phi) is 2.22. The standard InChI is InChI=1S/C5H6N4O4/c1-8-3(4(10)13-2)6-5(7-8)9(11)12/h1-2H3. The molecule has 0 saturated carbocycles. The summed E-state index contributed by atoms with van der Waals surface area (Å²) in [6.45, 7) is 0. The quantitative estimate of drug-likeness (QED) is 0.351. The van der Waals surface area contributed by atoms with Crippen molar-refractivity contribution in [1.29, 1.82) is 0 Å². The van der Waals surface area contributed by atoms with Gasteiger partial charge in [0.2, 0.25) is 0 Å². The van der Waals surface area contributed by atoms with Crippen LogP contribution in [0.1, 0.15) is 10.6 Å². The second-order valence-corrected chi connectivity index (χ2v) is 2.11. The van der Waals surface area contributed by atoms with Crippen LogP contribution in [0.5, 0.6) is 0 Å². The van der Waals surface area contributed by atoms with Crippen molar-refractivity contribution in [2.24, 2.45) is 7.05 Å². The zero-order chi connectivity index (χ0) is 10.0. The van der Waals surface area contributed by atoms with Gasteiger partial charge in [-0.25, -0.2) is 4.79 Å². The zero-order valence-corrected chi connectivity index (χ0v) is 6.92. The van der Waals surface area contributed by atoms with Crippen LogP contribution in [0.2, 0.25) is 0 Å². The van der Waals surface area contributed by atoms with E-state index >= 15 is 0 Å². The molecule has 0 fully saturated rings. The third kappa shape index (κ3) is 1.60. The van der Waals surface area contributed by atoms with Crippen LogP contribution in [0.25, 0.3) is 0 Å². The Morgan fingerprint density at radius 3 is 2.69 bits per heavy atom. The lowest BCUT2D eigenvalue weighted by molar-refractivity contribution is -0.394. The Hall–Kier alpha value is -1.99. The van der Waals surface area contributed by atoms with Crippen molar-refractivity contribution in [2.45, 2.75) is 0 Å². The normalized spacial score (nSPS) is 9.69. The first-order chi connectivity index (χ1) is 6.06. The highest BCUT2D eigenvalue weighted by molar-refractivity contribution is 5.85. The zero-order valence-electron chi connectivity index (χ0n) is 6.92. The highest BCUT2D eigenvalue weighted by Gasteiger charge is 2.25. The van der Waals surface area contributed by atoms with Gasteiger partial charge in [-0.15, -0.1) is 0 Å². The molecule has 1 aromatic rings. The van der Waals surface area contributed by atoms with E-state index in [1.165, 1.54) is 7.05 Å². The monoisotopic (exact) mass is 186 g/mol. The van der Waals surface area contributed by atoms with Crippen LogP contribution in [-0.4, -0.2) is 32.8 Å². The number of nitro groups is 1. The average molecular weight is 186 g/mol. The molecule has 0 spiro atoms. The first-order valence-corrected chi connectivity index (χ1v) is 3.20. The molecule has 0 aliphatic heterocycles. The minimum Gasteiger partial charge on any atom is -0.462 e. The van der Waals surface area contributed by atoms with E-state index in [2.05, 4.69) is 14.8 Å². The molecule has 1 heterocycles. The molecule has 70 valence electrons. The number of aromatic nitrogens is 3. The van der Waals surface area contributed by atoms with Gasteiger partial charge in [-0.1, -0.05) is 0 Å². The molecule has 0 bridgehead atoms. The number of nitrogens with zero attached hydrogens (tertiary/aromatic N) is 4. The number of hydrogen-bond donors (Lipinski definition) is 0. The number of rotatable bonds is 2. The SMILES string of the molecule is COC(=O)c1nc([N+](=O)[O-])nn1C. The average Bonchev–Trinajstić information content (AvgIpc) is 2.46. The maximum Gasteiger partial charge on any atom is 0.491 e. The molecule has 0 aliphatic carbocycles. The first kappa shape index (κ1) is 9.10. The van der Waals surface area contributed by atoms with E-state index in [-0.39, 0.29) is 5.82 Å². The van der Waals surface area contributed by atoms with E-state index in [0.29, 0.717) is 0 Å². The van der Waals surface area contributed by atoms with Crippen molar-refractivity contribution in [3.63, 3.8) is 0 Å². The first-order valence-electron chi connectivity index (χ1n) is 3.20. The minimum atomic E-state index is -0.785. The molecule has 0 aromatic carbocycles. The summed E-state index contributed by atoms with van der Waals surface area (Å²) in [6.07, 6.45) is 0. The van der Waals surface area contributed by atoms with E-state index in [9.17, 15) is 14.9 Å². The van der Waals surface area contributed by atoms with Gasteiger partial charge in [0.05, 0.1) is 7.11 Å². The second-order valence-electron chi connectivity index (χ2n) is 2.11. The summed E-state index contributed by atoms with van der Waals surface area (Å²) in [5.41, 5.74) is 0. The molecule has 8 heteroatoms. The van der Waals surface area contributed by atoms with E-state index in [1.54, 1.807) is 0 Å². The maximum absolute atomic E-state index is 10.9. The molecular weight excluding hydrogens is 180 g/mol. The van der Waals surface area contributed by atoms with E-state index in [4.69, 9.17) is 0 Å². The van der Waals surface area contributed by atoms with Crippen LogP contribution in [-0.2, 0) is 11.8 Å². The number of carbonyl (C=O) groups excluding carboxylic acids is 1. The Labute approximate surface area is 72.3 Å². The molecule has 0 unspecified atom stereocenters. The van der Waals surface area contributed by atoms with Crippen molar-refractivity contribution < 1.29 is 14.5 Å². The molecule has 0 saturated heterocycles. The van der Waals surface area contributed by atoms with Crippen molar-refractivity contribution >= 4 is 11.9 Å². The number of esters is 1. The summed E-state index contributed by atoms with van der Waals surface area (Å²) >= 11 is 0. The molecule has 1 aromatic heterocycles. The molecule has 0 aliphatic rings. The van der Waals surface area contributed by atoms with Crippen molar-refractivity contribution in [3.8, 4) is 0 Å². The Bertz CT molecular complexity index is 357. The summed E-state index contributed by atoms with van der Waals surface area (Å²) in [5, 5.41) is 13.6. The van der Waals surface area contributed by atoms with Gasteiger partial charge in [0.25, 0.3) is 0 Å². The van der Waals surface area contributed by atoms with E-state index in [1.807, 2.05) is 0 Å². The van der Waals surface area contributed by atoms with Crippen LogP contribution >= 0.6 is 0 Å². The van der Waals surface area contributed by atoms with Gasteiger partial charge in [-0.2, -0.15) is 4.68 Å². The van der Waals surface area contributed by atoms with Gasteiger partial charge < -0.3 is 14.9 Å². The predicted octanol–water partition coefficient (Wildman–Crippen LogP) is -0.490. The fraction of sp³-hybridized carbons (Fsp3) is 0.400. The lowest BCUT2D eigenvalue weighted by Crippen LogP contribution is -2.09. The summed E-state index contributed by atoms with van der Waals surface area (Å²) in [6, 6.07) is 0. The third-order valence-corrected chi connectivity index (χ3v) is 1.28. The number of carbonyl (C=O) groups is 1. The number of hydrogen-bond acceptors (Lipinski definition) is 6. The highest BCUT2D eigenvalue weighted by Crippen LogP contribution is 2.04. The number of aryl methyl sites for hydroxylation is 1. The van der Waals surface area contributed by atoms with E-state index in [0.717, 1.165) is 11.8 Å². The van der Waals surface area contributed by atoms with Crippen LogP contribution in [0.15, 0.2) is 0 Å². The largest absolute Gasteiger partial charge is 0.491 e. The smallest absolute Gasteiger partial charge is 0.462 e. The fourth-order valence-corrected chi connectivity index (χ4v) is 0.717. The van der Waals surface area contributed by atoms with Gasteiger partial charge in [-0.05, 0) is 9.91 Å². The van der Waals surface area contributed by atoms with Crippen molar-refractivity contribution in [1.82, 2.24) is 14.8 Å². The third-order valence-electron chi connectivity index (χ3n) is 1.28. The molecule has 0 radical (unpaired) electrons. The Balaban J connectivity index is 3.10. The fourth-order valence-electron chi connectivity index (χ4n) is 0.717. The van der Waals surface area contributed by atoms with Gasteiger partial charge in [0.15, 0.2) is 0 Å². The second kappa shape index (κ2) is 3.17.